The number of aromatic nitrogens is 3. The highest BCUT2D eigenvalue weighted by molar-refractivity contribution is 5.84. The molecule has 2 atom stereocenters. The van der Waals surface area contributed by atoms with Crippen LogP contribution in [0.5, 0.6) is 0 Å². The molecule has 16 heteroatoms. The Hall–Kier alpha value is -7.10. The smallest absolute Gasteiger partial charge is 0.416 e. The number of pyridine rings is 3. The van der Waals surface area contributed by atoms with Crippen molar-refractivity contribution in [3.8, 4) is 45.0 Å². The highest BCUT2D eigenvalue weighted by Gasteiger charge is 2.33. The largest absolute Gasteiger partial charge is 0.481 e. The maximum Gasteiger partial charge on any atom is 0.416 e. The Labute approximate surface area is 391 Å². The van der Waals surface area contributed by atoms with Crippen LogP contribution < -0.4 is 0 Å². The minimum atomic E-state index is -4.60. The second-order valence-electron chi connectivity index (χ2n) is 17.5. The molecule has 0 saturated heterocycles. The van der Waals surface area contributed by atoms with Crippen LogP contribution in [0.1, 0.15) is 85.8 Å². The Balaban J connectivity index is 0.000000227. The van der Waals surface area contributed by atoms with Gasteiger partial charge in [-0.1, -0.05) is 70.2 Å². The van der Waals surface area contributed by atoms with Gasteiger partial charge in [-0.3, -0.25) is 14.6 Å². The number of aryl methyl sites for hydroxylation is 1. The van der Waals surface area contributed by atoms with Gasteiger partial charge < -0.3 is 10.2 Å². The lowest BCUT2D eigenvalue weighted by molar-refractivity contribution is -0.140. The lowest BCUT2D eigenvalue weighted by atomic mass is 9.88. The molecule has 3 aromatic heterocycles. The highest BCUT2D eigenvalue weighted by Crippen LogP contribution is 2.38. The summed E-state index contributed by atoms with van der Waals surface area (Å²) in [4.78, 5) is 37.7. The molecule has 2 unspecified atom stereocenters. The summed E-state index contributed by atoms with van der Waals surface area (Å²) in [5.41, 5.74) is 2.25. The predicted molar refractivity (Wildman–Crippen MR) is 245 cm³/mol. The maximum absolute atomic E-state index is 13.4. The van der Waals surface area contributed by atoms with Crippen LogP contribution in [0.25, 0.3) is 55.9 Å². The average molecular weight is 960 g/mol. The third-order valence-corrected chi connectivity index (χ3v) is 11.1. The first kappa shape index (κ1) is 51.3. The van der Waals surface area contributed by atoms with Crippen molar-refractivity contribution in [2.75, 3.05) is 0 Å². The Morgan fingerprint density at radius 3 is 1.30 bits per heavy atom. The van der Waals surface area contributed by atoms with Gasteiger partial charge in [0.15, 0.2) is 0 Å². The molecule has 0 aliphatic carbocycles. The van der Waals surface area contributed by atoms with Crippen LogP contribution in [0.2, 0.25) is 0 Å². The van der Waals surface area contributed by atoms with Crippen LogP contribution >= 0.6 is 0 Å². The molecule has 7 rings (SSSR count). The fourth-order valence-corrected chi connectivity index (χ4v) is 7.76. The van der Waals surface area contributed by atoms with E-state index in [-0.39, 0.29) is 40.8 Å². The predicted octanol–water partition coefficient (Wildman–Crippen LogP) is 15.2. The SMILES string of the molecule is CC(C)CC(C(=O)O)c1cc(-c2ccc(C(F)(F)F)cc2)nc(-c2cnc3ccccc3c2)c1.Cc1cc(-c2cc(C(CC(C)C)C(=O)O)cc(-c3ccc(C(F)(F)F)cc3)n2)cc(C(F)(F)F)c1. The van der Waals surface area contributed by atoms with Gasteiger partial charge in [0.2, 0.25) is 0 Å². The fourth-order valence-electron chi connectivity index (χ4n) is 7.76. The van der Waals surface area contributed by atoms with E-state index in [9.17, 15) is 59.3 Å². The second-order valence-corrected chi connectivity index (χ2v) is 17.5. The summed E-state index contributed by atoms with van der Waals surface area (Å²) in [7, 11) is 0. The van der Waals surface area contributed by atoms with Gasteiger partial charge in [-0.25, -0.2) is 9.97 Å². The van der Waals surface area contributed by atoms with Gasteiger partial charge in [0.25, 0.3) is 0 Å². The van der Waals surface area contributed by atoms with E-state index in [0.717, 1.165) is 47.3 Å². The van der Waals surface area contributed by atoms with Crippen molar-refractivity contribution in [2.24, 2.45) is 11.8 Å². The third-order valence-electron chi connectivity index (χ3n) is 11.1. The molecule has 0 bridgehead atoms. The molecule has 360 valence electrons. The van der Waals surface area contributed by atoms with Gasteiger partial charge in [-0.05, 0) is 127 Å². The number of carboxylic acid groups (broad SMARTS) is 2. The van der Waals surface area contributed by atoms with Gasteiger partial charge in [-0.15, -0.1) is 0 Å². The molecule has 7 nitrogen and oxygen atoms in total. The first-order chi connectivity index (χ1) is 32.3. The zero-order valence-corrected chi connectivity index (χ0v) is 37.8. The van der Waals surface area contributed by atoms with Crippen molar-refractivity contribution in [3.63, 3.8) is 0 Å². The molecule has 0 amide bonds. The number of rotatable bonds is 12. The summed E-state index contributed by atoms with van der Waals surface area (Å²) < 4.78 is 118. The molecule has 0 aliphatic rings. The van der Waals surface area contributed by atoms with Crippen LogP contribution in [0.4, 0.5) is 39.5 Å². The average Bonchev–Trinajstić information content (AvgIpc) is 3.28. The van der Waals surface area contributed by atoms with Crippen molar-refractivity contribution in [2.45, 2.75) is 77.8 Å². The number of aliphatic carboxylic acids is 2. The summed E-state index contributed by atoms with van der Waals surface area (Å²) in [5.74, 6) is -3.69. The maximum atomic E-state index is 13.4. The third kappa shape index (κ3) is 13.1. The minimum Gasteiger partial charge on any atom is -0.481 e. The van der Waals surface area contributed by atoms with E-state index in [4.69, 9.17) is 0 Å². The van der Waals surface area contributed by atoms with Crippen molar-refractivity contribution in [1.82, 2.24) is 15.0 Å². The van der Waals surface area contributed by atoms with Crippen LogP contribution in [0, 0.1) is 18.8 Å². The molecule has 0 aliphatic heterocycles. The molecule has 4 aromatic carbocycles. The molecule has 0 radical (unpaired) electrons. The van der Waals surface area contributed by atoms with E-state index in [1.807, 2.05) is 58.0 Å². The zero-order chi connectivity index (χ0) is 50.6. The van der Waals surface area contributed by atoms with Crippen molar-refractivity contribution < 1.29 is 59.3 Å². The molecule has 0 fully saturated rings. The molecular formula is C53H46F9N3O4. The first-order valence-corrected chi connectivity index (χ1v) is 21.7. The number of benzene rings is 4. The van der Waals surface area contributed by atoms with E-state index in [2.05, 4.69) is 15.0 Å². The Morgan fingerprint density at radius 2 is 0.899 bits per heavy atom. The van der Waals surface area contributed by atoms with Crippen LogP contribution in [0.15, 0.2) is 128 Å². The Morgan fingerprint density at radius 1 is 0.493 bits per heavy atom. The van der Waals surface area contributed by atoms with Crippen LogP contribution in [0.3, 0.4) is 0 Å². The molecule has 7 aromatic rings. The lowest BCUT2D eigenvalue weighted by Gasteiger charge is -2.18. The number of alkyl halides is 9. The summed E-state index contributed by atoms with van der Waals surface area (Å²) in [5, 5.41) is 20.6. The molecule has 0 saturated carbocycles. The van der Waals surface area contributed by atoms with Crippen molar-refractivity contribution in [1.29, 1.82) is 0 Å². The summed E-state index contributed by atoms with van der Waals surface area (Å²) in [6, 6.07) is 28.1. The topological polar surface area (TPSA) is 113 Å². The van der Waals surface area contributed by atoms with Gasteiger partial charge >= 0.3 is 30.5 Å². The summed E-state index contributed by atoms with van der Waals surface area (Å²) in [6.07, 6.45) is -11.2. The molecule has 69 heavy (non-hydrogen) atoms. The number of carbonyl (C=O) groups is 2. The number of fused-ring (bicyclic) bond motifs is 1. The molecule has 2 N–H and O–H groups in total. The van der Waals surface area contributed by atoms with E-state index in [1.54, 1.807) is 18.3 Å². The Kier molecular flexibility index (Phi) is 15.3. The van der Waals surface area contributed by atoms with Gasteiger partial charge in [0, 0.05) is 33.8 Å². The number of carboxylic acids is 2. The van der Waals surface area contributed by atoms with Crippen molar-refractivity contribution in [3.05, 3.63) is 161 Å². The number of halogens is 9. The molecular weight excluding hydrogens is 914 g/mol. The van der Waals surface area contributed by atoms with E-state index in [1.165, 1.54) is 49.4 Å². The Bertz CT molecular complexity index is 2950. The normalized spacial score (nSPS) is 13.0. The standard InChI is InChI=1S/C27H23F3N2O2.C26H23F6NO2/c1-16(2)11-22(26(33)34)19-13-24(17-7-9-21(10-8-17)27(28,29)30)32-25(14-19)20-12-18-5-3-4-6-23(18)31-15-20;1-14(2)8-21(24(34)35)17-12-22(16-4-6-19(7-5-16)25(27,28)29)33-23(13-17)18-9-15(3)10-20(11-18)26(30,31)32/h3-10,12-16,22H,11H2,1-2H3,(H,33,34);4-7,9-14,21H,8H2,1-3H3,(H,34,35). The first-order valence-electron chi connectivity index (χ1n) is 21.7. The number of para-hydroxylation sites is 1. The quantitative estimate of drug-likeness (QED) is 0.117. The second kappa shape index (κ2) is 20.6. The van der Waals surface area contributed by atoms with Crippen LogP contribution in [-0.4, -0.2) is 37.1 Å². The molecule has 0 spiro atoms. The minimum absolute atomic E-state index is 0.00182. The lowest BCUT2D eigenvalue weighted by Crippen LogP contribution is -2.14. The number of nitrogens with zero attached hydrogens (tertiary/aromatic N) is 3. The van der Waals surface area contributed by atoms with E-state index < -0.39 is 59.0 Å². The zero-order valence-electron chi connectivity index (χ0n) is 37.8. The number of hydrogen-bond donors (Lipinski definition) is 2. The van der Waals surface area contributed by atoms with Gasteiger partial charge in [0.1, 0.15) is 0 Å². The summed E-state index contributed by atoms with van der Waals surface area (Å²) >= 11 is 0. The van der Waals surface area contributed by atoms with Crippen molar-refractivity contribution >= 4 is 22.8 Å². The monoisotopic (exact) mass is 959 g/mol. The van der Waals surface area contributed by atoms with E-state index in [0.29, 0.717) is 45.6 Å². The number of hydrogen-bond acceptors (Lipinski definition) is 5. The molecule has 3 heterocycles. The summed E-state index contributed by atoms with van der Waals surface area (Å²) in [6.45, 7) is 9.07. The fraction of sp³-hybridized carbons (Fsp3) is 0.264. The van der Waals surface area contributed by atoms with Gasteiger partial charge in [0.05, 0.1) is 56.8 Å². The van der Waals surface area contributed by atoms with Crippen LogP contribution in [-0.2, 0) is 28.1 Å². The van der Waals surface area contributed by atoms with Gasteiger partial charge in [-0.2, -0.15) is 39.5 Å². The van der Waals surface area contributed by atoms with E-state index >= 15 is 0 Å². The highest BCUT2D eigenvalue weighted by atomic mass is 19.4.